The molecule has 4 nitrogen and oxygen atoms in total. The molecule has 0 saturated carbocycles. The number of anilines is 2. The van der Waals surface area contributed by atoms with Crippen LogP contribution in [0.2, 0.25) is 0 Å². The first-order valence-corrected chi connectivity index (χ1v) is 6.35. The molecule has 2 rings (SSSR count). The van der Waals surface area contributed by atoms with E-state index in [2.05, 4.69) is 0 Å². The molecule has 4 heteroatoms. The summed E-state index contributed by atoms with van der Waals surface area (Å²) in [6.45, 7) is 4.23. The fraction of sp³-hybridized carbons (Fsp3) is 0.188. The molecule has 2 aromatic rings. The zero-order valence-electron chi connectivity index (χ0n) is 11.6. The van der Waals surface area contributed by atoms with Crippen molar-refractivity contribution >= 4 is 17.3 Å². The molecule has 0 amide bonds. The predicted octanol–water partition coefficient (Wildman–Crippen LogP) is 2.82. The van der Waals surface area contributed by atoms with Gasteiger partial charge in [0.05, 0.1) is 5.56 Å². The van der Waals surface area contributed by atoms with E-state index < -0.39 is 5.97 Å². The quantitative estimate of drug-likeness (QED) is 0.664. The minimum absolute atomic E-state index is 0.242. The van der Waals surface area contributed by atoms with Crippen molar-refractivity contribution < 1.29 is 9.53 Å². The lowest BCUT2D eigenvalue weighted by Crippen LogP contribution is -2.08. The number of esters is 1. The van der Waals surface area contributed by atoms with Crippen molar-refractivity contribution in [3.05, 3.63) is 58.7 Å². The summed E-state index contributed by atoms with van der Waals surface area (Å²) in [4.78, 5) is 12.0. The van der Waals surface area contributed by atoms with Gasteiger partial charge in [0.25, 0.3) is 0 Å². The van der Waals surface area contributed by atoms with Crippen LogP contribution in [0.3, 0.4) is 0 Å². The van der Waals surface area contributed by atoms with E-state index in [-0.39, 0.29) is 6.61 Å². The summed E-state index contributed by atoms with van der Waals surface area (Å²) in [5.41, 5.74) is 15.8. The van der Waals surface area contributed by atoms with E-state index in [4.69, 9.17) is 16.2 Å². The van der Waals surface area contributed by atoms with Crippen LogP contribution in [0.5, 0.6) is 0 Å². The second-order valence-corrected chi connectivity index (χ2v) is 4.83. The number of aryl methyl sites for hydroxylation is 2. The Bertz CT molecular complexity index is 610. The lowest BCUT2D eigenvalue weighted by atomic mass is 10.0. The van der Waals surface area contributed by atoms with E-state index in [9.17, 15) is 4.79 Å². The zero-order chi connectivity index (χ0) is 14.7. The Morgan fingerprint density at radius 1 is 1.05 bits per heavy atom. The van der Waals surface area contributed by atoms with Gasteiger partial charge in [0.15, 0.2) is 0 Å². The maximum atomic E-state index is 12.0. The Kier molecular flexibility index (Phi) is 3.94. The fourth-order valence-electron chi connectivity index (χ4n) is 2.09. The number of rotatable bonds is 3. The Balaban J connectivity index is 2.13. The number of carbonyl (C=O) groups excluding carboxylic acids is 1. The van der Waals surface area contributed by atoms with E-state index in [1.54, 1.807) is 18.2 Å². The van der Waals surface area contributed by atoms with Crippen molar-refractivity contribution in [2.75, 3.05) is 11.5 Å². The second kappa shape index (κ2) is 5.65. The highest BCUT2D eigenvalue weighted by Gasteiger charge is 2.10. The summed E-state index contributed by atoms with van der Waals surface area (Å²) in [5.74, 6) is -0.424. The summed E-state index contributed by atoms with van der Waals surface area (Å²) in [5, 5.41) is 0. The Hall–Kier alpha value is -2.49. The van der Waals surface area contributed by atoms with Gasteiger partial charge >= 0.3 is 5.97 Å². The number of nitrogen functional groups attached to an aromatic ring is 2. The van der Waals surface area contributed by atoms with Crippen LogP contribution in [0.1, 0.15) is 27.0 Å². The van der Waals surface area contributed by atoms with E-state index in [1.165, 1.54) is 0 Å². The van der Waals surface area contributed by atoms with Gasteiger partial charge in [-0.1, -0.05) is 18.2 Å². The summed E-state index contributed by atoms with van der Waals surface area (Å²) in [7, 11) is 0. The number of nitrogens with two attached hydrogens (primary N) is 2. The van der Waals surface area contributed by atoms with Gasteiger partial charge in [-0.05, 0) is 48.7 Å². The maximum Gasteiger partial charge on any atom is 0.338 e. The van der Waals surface area contributed by atoms with Crippen molar-refractivity contribution in [2.45, 2.75) is 20.5 Å². The van der Waals surface area contributed by atoms with Gasteiger partial charge in [-0.3, -0.25) is 0 Å². The van der Waals surface area contributed by atoms with Crippen molar-refractivity contribution in [3.8, 4) is 0 Å². The van der Waals surface area contributed by atoms with Crippen molar-refractivity contribution in [1.82, 2.24) is 0 Å². The fourth-order valence-corrected chi connectivity index (χ4v) is 2.09. The highest BCUT2D eigenvalue weighted by atomic mass is 16.5. The number of hydrogen-bond donors (Lipinski definition) is 2. The molecule has 0 aromatic heterocycles. The van der Waals surface area contributed by atoms with Crippen LogP contribution >= 0.6 is 0 Å². The van der Waals surface area contributed by atoms with Gasteiger partial charge in [-0.2, -0.15) is 0 Å². The molecule has 0 heterocycles. The van der Waals surface area contributed by atoms with Crippen molar-refractivity contribution in [2.24, 2.45) is 0 Å². The van der Waals surface area contributed by atoms with Crippen molar-refractivity contribution in [1.29, 1.82) is 0 Å². The van der Waals surface area contributed by atoms with Gasteiger partial charge in [0.2, 0.25) is 0 Å². The van der Waals surface area contributed by atoms with Gasteiger partial charge in [0.1, 0.15) is 6.61 Å². The topological polar surface area (TPSA) is 78.3 Å². The minimum Gasteiger partial charge on any atom is -0.457 e. The number of carbonyl (C=O) groups is 1. The first-order valence-electron chi connectivity index (χ1n) is 6.35. The van der Waals surface area contributed by atoms with Crippen LogP contribution in [0.15, 0.2) is 36.4 Å². The molecule has 0 fully saturated rings. The molecule has 0 atom stereocenters. The molecular weight excluding hydrogens is 252 g/mol. The zero-order valence-corrected chi connectivity index (χ0v) is 11.6. The molecule has 0 aliphatic rings. The van der Waals surface area contributed by atoms with Gasteiger partial charge in [0, 0.05) is 11.4 Å². The number of hydrogen-bond acceptors (Lipinski definition) is 4. The smallest absolute Gasteiger partial charge is 0.338 e. The molecule has 0 saturated heterocycles. The molecule has 0 unspecified atom stereocenters. The third-order valence-corrected chi connectivity index (χ3v) is 3.21. The Morgan fingerprint density at radius 2 is 1.60 bits per heavy atom. The average molecular weight is 270 g/mol. The summed E-state index contributed by atoms with van der Waals surface area (Å²) < 4.78 is 5.34. The van der Waals surface area contributed by atoms with Crippen LogP contribution in [-0.4, -0.2) is 5.97 Å². The first kappa shape index (κ1) is 13.9. The van der Waals surface area contributed by atoms with Crippen LogP contribution in [0, 0.1) is 13.8 Å². The second-order valence-electron chi connectivity index (χ2n) is 4.83. The molecule has 0 aliphatic heterocycles. The van der Waals surface area contributed by atoms with Crippen LogP contribution in [-0.2, 0) is 11.3 Å². The number of ether oxygens (including phenoxy) is 1. The average Bonchev–Trinajstić information content (AvgIpc) is 2.36. The molecule has 0 spiro atoms. The monoisotopic (exact) mass is 270 g/mol. The first-order chi connectivity index (χ1) is 9.47. The van der Waals surface area contributed by atoms with Gasteiger partial charge in [-0.25, -0.2) is 4.79 Å². The summed E-state index contributed by atoms with van der Waals surface area (Å²) >= 11 is 0. The van der Waals surface area contributed by atoms with Crippen LogP contribution in [0.25, 0.3) is 0 Å². The molecule has 2 aromatic carbocycles. The third-order valence-electron chi connectivity index (χ3n) is 3.21. The lowest BCUT2D eigenvalue weighted by Gasteiger charge is -2.11. The third kappa shape index (κ3) is 3.09. The van der Waals surface area contributed by atoms with Crippen LogP contribution in [0.4, 0.5) is 11.4 Å². The Labute approximate surface area is 118 Å². The van der Waals surface area contributed by atoms with E-state index in [0.29, 0.717) is 16.9 Å². The molecule has 104 valence electrons. The molecule has 20 heavy (non-hydrogen) atoms. The minimum atomic E-state index is -0.424. The molecular formula is C16H18N2O2. The van der Waals surface area contributed by atoms with E-state index >= 15 is 0 Å². The molecule has 4 N–H and O–H groups in total. The Morgan fingerprint density at radius 3 is 2.15 bits per heavy atom. The summed E-state index contributed by atoms with van der Waals surface area (Å²) in [6, 6.07) is 10.7. The van der Waals surface area contributed by atoms with Gasteiger partial charge in [-0.15, -0.1) is 0 Å². The SMILES string of the molecule is Cc1cccc(C)c1COC(=O)c1cc(N)cc(N)c1. The highest BCUT2D eigenvalue weighted by Crippen LogP contribution is 2.17. The normalized spacial score (nSPS) is 10.3. The molecule has 0 bridgehead atoms. The van der Waals surface area contributed by atoms with Crippen molar-refractivity contribution in [3.63, 3.8) is 0 Å². The highest BCUT2D eigenvalue weighted by molar-refractivity contribution is 5.91. The predicted molar refractivity (Wildman–Crippen MR) is 80.3 cm³/mol. The standard InChI is InChI=1S/C16H18N2O2/c1-10-4-3-5-11(2)15(10)9-20-16(19)12-6-13(17)8-14(18)7-12/h3-8H,9,17-18H2,1-2H3. The molecule has 0 aliphatic carbocycles. The number of benzene rings is 2. The summed E-state index contributed by atoms with van der Waals surface area (Å²) in [6.07, 6.45) is 0. The van der Waals surface area contributed by atoms with E-state index in [0.717, 1.165) is 16.7 Å². The largest absolute Gasteiger partial charge is 0.457 e. The lowest BCUT2D eigenvalue weighted by molar-refractivity contribution is 0.0471. The molecule has 0 radical (unpaired) electrons. The van der Waals surface area contributed by atoms with E-state index in [1.807, 2.05) is 32.0 Å². The maximum absolute atomic E-state index is 12.0. The van der Waals surface area contributed by atoms with Crippen LogP contribution < -0.4 is 11.5 Å². The van der Waals surface area contributed by atoms with Gasteiger partial charge < -0.3 is 16.2 Å².